The van der Waals surface area contributed by atoms with E-state index in [9.17, 15) is 0 Å². The first kappa shape index (κ1) is 21.6. The largest absolute Gasteiger partial charge is 0.375 e. The maximum atomic E-state index is 5.63. The second kappa shape index (κ2) is 10.1. The summed E-state index contributed by atoms with van der Waals surface area (Å²) in [5.74, 6) is 1.86. The third-order valence-corrected chi connectivity index (χ3v) is 6.60. The number of nitrogens with one attached hydrogen (secondary N) is 2. The van der Waals surface area contributed by atoms with Gasteiger partial charge in [-0.2, -0.15) is 0 Å². The van der Waals surface area contributed by atoms with Gasteiger partial charge in [0.1, 0.15) is 5.82 Å². The van der Waals surface area contributed by atoms with Crippen molar-refractivity contribution in [3.63, 3.8) is 0 Å². The average molecular weight is 422 g/mol. The molecule has 1 atom stereocenters. The fourth-order valence-electron chi connectivity index (χ4n) is 4.81. The molecular weight excluding hydrogens is 386 g/mol. The number of pyridine rings is 1. The zero-order valence-corrected chi connectivity index (χ0v) is 18.8. The molecule has 2 N–H and O–H groups in total. The molecule has 1 unspecified atom stereocenters. The summed E-state index contributed by atoms with van der Waals surface area (Å²) in [7, 11) is 1.83. The van der Waals surface area contributed by atoms with Gasteiger partial charge in [-0.25, -0.2) is 4.98 Å². The van der Waals surface area contributed by atoms with Crippen molar-refractivity contribution in [1.29, 1.82) is 0 Å². The molecule has 1 aliphatic carbocycles. The number of aromatic nitrogens is 1. The molecule has 1 saturated carbocycles. The Balaban J connectivity index is 1.31. The van der Waals surface area contributed by atoms with Crippen LogP contribution in [0.5, 0.6) is 0 Å². The van der Waals surface area contributed by atoms with Gasteiger partial charge >= 0.3 is 0 Å². The number of nitrogens with zero attached hydrogens (tertiary/aromatic N) is 3. The summed E-state index contributed by atoms with van der Waals surface area (Å²) in [6, 6.07) is 15.2. The molecule has 1 aromatic carbocycles. The molecule has 6 heteroatoms. The molecule has 1 aliphatic heterocycles. The number of guanidine groups is 1. The van der Waals surface area contributed by atoms with E-state index in [1.165, 1.54) is 31.2 Å². The number of rotatable bonds is 6. The fourth-order valence-corrected chi connectivity index (χ4v) is 4.81. The third-order valence-electron chi connectivity index (χ3n) is 6.60. The lowest BCUT2D eigenvalue weighted by Gasteiger charge is -2.32. The molecule has 2 aliphatic rings. The molecule has 4 rings (SSSR count). The predicted molar refractivity (Wildman–Crippen MR) is 127 cm³/mol. The Hall–Kier alpha value is -2.60. The Labute approximate surface area is 186 Å². The summed E-state index contributed by atoms with van der Waals surface area (Å²) in [4.78, 5) is 11.4. The lowest BCUT2D eigenvalue weighted by atomic mass is 9.79. The predicted octanol–water partition coefficient (Wildman–Crippen LogP) is 3.48. The molecule has 0 spiro atoms. The standard InChI is InChI=1S/C25H35N5O/c1-20-18-30(14-15-31-20)23-11-10-21(16-27-23)17-28-24(26-2)29-19-25(12-6-7-13-25)22-8-4-3-5-9-22/h3-5,8-11,16,20H,6-7,12-15,17-19H2,1-2H3,(H2,26,28,29). The Morgan fingerprint density at radius 1 is 1.16 bits per heavy atom. The van der Waals surface area contributed by atoms with Crippen LogP contribution in [-0.4, -0.2) is 50.3 Å². The normalized spacial score (nSPS) is 21.2. The van der Waals surface area contributed by atoms with Gasteiger partial charge in [0, 0.05) is 44.8 Å². The van der Waals surface area contributed by atoms with Crippen LogP contribution in [0.25, 0.3) is 0 Å². The highest BCUT2D eigenvalue weighted by atomic mass is 16.5. The number of aliphatic imine (C=N–C) groups is 1. The summed E-state index contributed by atoms with van der Waals surface area (Å²) < 4.78 is 5.63. The summed E-state index contributed by atoms with van der Waals surface area (Å²) in [6.45, 7) is 6.27. The molecule has 0 amide bonds. The van der Waals surface area contributed by atoms with Crippen LogP contribution in [-0.2, 0) is 16.7 Å². The van der Waals surface area contributed by atoms with Crippen molar-refractivity contribution in [2.75, 3.05) is 38.2 Å². The number of anilines is 1. The lowest BCUT2D eigenvalue weighted by molar-refractivity contribution is 0.0529. The molecular formula is C25H35N5O. The van der Waals surface area contributed by atoms with Crippen molar-refractivity contribution in [2.24, 2.45) is 4.99 Å². The number of benzene rings is 1. The van der Waals surface area contributed by atoms with Gasteiger partial charge in [0.05, 0.1) is 12.7 Å². The van der Waals surface area contributed by atoms with E-state index >= 15 is 0 Å². The molecule has 1 saturated heterocycles. The van der Waals surface area contributed by atoms with Crippen molar-refractivity contribution < 1.29 is 4.74 Å². The number of morpholine rings is 1. The fraction of sp³-hybridized carbons (Fsp3) is 0.520. The Morgan fingerprint density at radius 3 is 2.65 bits per heavy atom. The monoisotopic (exact) mass is 421 g/mol. The molecule has 31 heavy (non-hydrogen) atoms. The van der Waals surface area contributed by atoms with Gasteiger partial charge in [-0.1, -0.05) is 49.2 Å². The van der Waals surface area contributed by atoms with Crippen LogP contribution >= 0.6 is 0 Å². The van der Waals surface area contributed by atoms with Gasteiger partial charge in [-0.3, -0.25) is 4.99 Å². The van der Waals surface area contributed by atoms with E-state index in [2.05, 4.69) is 74.9 Å². The maximum absolute atomic E-state index is 5.63. The van der Waals surface area contributed by atoms with E-state index in [1.807, 2.05) is 13.2 Å². The topological polar surface area (TPSA) is 61.8 Å². The highest BCUT2D eigenvalue weighted by Crippen LogP contribution is 2.40. The second-order valence-corrected chi connectivity index (χ2v) is 8.78. The highest BCUT2D eigenvalue weighted by Gasteiger charge is 2.35. The van der Waals surface area contributed by atoms with E-state index in [4.69, 9.17) is 4.74 Å². The van der Waals surface area contributed by atoms with Crippen LogP contribution in [0.4, 0.5) is 5.82 Å². The van der Waals surface area contributed by atoms with E-state index in [0.717, 1.165) is 43.6 Å². The first-order valence-electron chi connectivity index (χ1n) is 11.5. The van der Waals surface area contributed by atoms with Crippen LogP contribution in [0.3, 0.4) is 0 Å². The van der Waals surface area contributed by atoms with Crippen LogP contribution in [0.15, 0.2) is 53.7 Å². The van der Waals surface area contributed by atoms with Gasteiger partial charge in [0.25, 0.3) is 0 Å². The average Bonchev–Trinajstić information content (AvgIpc) is 3.30. The van der Waals surface area contributed by atoms with Crippen molar-refractivity contribution in [3.8, 4) is 0 Å². The minimum Gasteiger partial charge on any atom is -0.375 e. The van der Waals surface area contributed by atoms with Gasteiger partial charge in [-0.05, 0) is 37.0 Å². The molecule has 1 aromatic heterocycles. The number of hydrogen-bond donors (Lipinski definition) is 2. The zero-order chi connectivity index (χ0) is 21.5. The number of hydrogen-bond acceptors (Lipinski definition) is 4. The summed E-state index contributed by atoms with van der Waals surface area (Å²) in [5.41, 5.74) is 2.79. The van der Waals surface area contributed by atoms with Crippen molar-refractivity contribution >= 4 is 11.8 Å². The van der Waals surface area contributed by atoms with Crippen LogP contribution < -0.4 is 15.5 Å². The minimum atomic E-state index is 0.206. The van der Waals surface area contributed by atoms with Gasteiger partial charge in [0.15, 0.2) is 5.96 Å². The SMILES string of the molecule is CN=C(NCc1ccc(N2CCOC(C)C2)nc1)NCC1(c2ccccc2)CCCC1. The van der Waals surface area contributed by atoms with Crippen molar-refractivity contribution in [1.82, 2.24) is 15.6 Å². The third kappa shape index (κ3) is 5.37. The number of ether oxygens (including phenoxy) is 1. The van der Waals surface area contributed by atoms with Gasteiger partial charge in [0.2, 0.25) is 0 Å². The highest BCUT2D eigenvalue weighted by molar-refractivity contribution is 5.79. The minimum absolute atomic E-state index is 0.206. The van der Waals surface area contributed by atoms with Crippen LogP contribution in [0.1, 0.15) is 43.7 Å². The van der Waals surface area contributed by atoms with Gasteiger partial charge < -0.3 is 20.3 Å². The van der Waals surface area contributed by atoms with E-state index < -0.39 is 0 Å². The van der Waals surface area contributed by atoms with Gasteiger partial charge in [-0.15, -0.1) is 0 Å². The zero-order valence-electron chi connectivity index (χ0n) is 18.8. The quantitative estimate of drug-likeness (QED) is 0.552. The van der Waals surface area contributed by atoms with Crippen LogP contribution in [0, 0.1) is 0 Å². The molecule has 0 bridgehead atoms. The summed E-state index contributed by atoms with van der Waals surface area (Å²) in [6.07, 6.45) is 7.26. The smallest absolute Gasteiger partial charge is 0.191 e. The van der Waals surface area contributed by atoms with E-state index in [1.54, 1.807) is 0 Å². The maximum Gasteiger partial charge on any atom is 0.191 e. The van der Waals surface area contributed by atoms with Crippen LogP contribution in [0.2, 0.25) is 0 Å². The summed E-state index contributed by atoms with van der Waals surface area (Å²) >= 11 is 0. The summed E-state index contributed by atoms with van der Waals surface area (Å²) in [5, 5.41) is 7.03. The second-order valence-electron chi connectivity index (χ2n) is 8.78. The molecule has 6 nitrogen and oxygen atoms in total. The molecule has 2 aromatic rings. The van der Waals surface area contributed by atoms with Crippen molar-refractivity contribution in [3.05, 3.63) is 59.8 Å². The molecule has 0 radical (unpaired) electrons. The first-order valence-corrected chi connectivity index (χ1v) is 11.5. The Morgan fingerprint density at radius 2 is 1.97 bits per heavy atom. The molecule has 2 heterocycles. The lowest BCUT2D eigenvalue weighted by Crippen LogP contribution is -2.44. The molecule has 2 fully saturated rings. The molecule has 166 valence electrons. The van der Waals surface area contributed by atoms with E-state index in [-0.39, 0.29) is 11.5 Å². The van der Waals surface area contributed by atoms with E-state index in [0.29, 0.717) is 6.54 Å². The van der Waals surface area contributed by atoms with Crippen molar-refractivity contribution in [2.45, 2.75) is 50.7 Å². The first-order chi connectivity index (χ1) is 15.2. The Bertz CT molecular complexity index is 846. The Kier molecular flexibility index (Phi) is 7.07.